The predicted octanol–water partition coefficient (Wildman–Crippen LogP) is 5.06. The highest BCUT2D eigenvalue weighted by Gasteiger charge is 2.41. The lowest BCUT2D eigenvalue weighted by Gasteiger charge is -2.33. The van der Waals surface area contributed by atoms with Gasteiger partial charge in [-0.1, -0.05) is 58.3 Å². The summed E-state index contributed by atoms with van der Waals surface area (Å²) in [4.78, 5) is 0. The monoisotopic (exact) mass is 295 g/mol. The highest BCUT2D eigenvalue weighted by molar-refractivity contribution is 4.94. The Hall–Kier alpha value is -0.0800. The summed E-state index contributed by atoms with van der Waals surface area (Å²) < 4.78 is 5.90. The van der Waals surface area contributed by atoms with E-state index in [1.165, 1.54) is 83.6 Å². The first kappa shape index (κ1) is 17.3. The molecule has 0 amide bonds. The molecule has 0 aromatic heterocycles. The minimum absolute atomic E-state index is 0.435. The van der Waals surface area contributed by atoms with E-state index in [2.05, 4.69) is 19.2 Å². The van der Waals surface area contributed by atoms with Crippen molar-refractivity contribution in [2.75, 3.05) is 13.2 Å². The van der Waals surface area contributed by atoms with Crippen LogP contribution in [-0.2, 0) is 4.74 Å². The lowest BCUT2D eigenvalue weighted by Crippen LogP contribution is -2.40. The number of hydrogen-bond acceptors (Lipinski definition) is 2. The molecule has 1 aliphatic carbocycles. The maximum atomic E-state index is 5.90. The third-order valence-corrected chi connectivity index (χ3v) is 5.68. The average Bonchev–Trinajstić information content (AvgIpc) is 3.25. The van der Waals surface area contributed by atoms with Crippen LogP contribution in [0.2, 0.25) is 0 Å². The van der Waals surface area contributed by atoms with Crippen molar-refractivity contribution in [3.63, 3.8) is 0 Å². The van der Waals surface area contributed by atoms with E-state index in [1.54, 1.807) is 0 Å². The fourth-order valence-corrected chi connectivity index (χ4v) is 3.71. The Morgan fingerprint density at radius 1 is 1.00 bits per heavy atom. The van der Waals surface area contributed by atoms with Gasteiger partial charge in [-0.3, -0.25) is 0 Å². The minimum atomic E-state index is 0.435. The van der Waals surface area contributed by atoms with Crippen molar-refractivity contribution >= 4 is 0 Å². The molecule has 0 spiro atoms. The first-order valence-corrected chi connectivity index (χ1v) is 9.62. The van der Waals surface area contributed by atoms with Gasteiger partial charge in [-0.2, -0.15) is 0 Å². The smallest absolute Gasteiger partial charge is 0.0616 e. The first-order chi connectivity index (χ1) is 10.3. The SMILES string of the molecule is CCCCCCCCCCC1(CNC2CC2)CCOC1C. The molecular formula is C19H37NO. The van der Waals surface area contributed by atoms with Gasteiger partial charge in [-0.25, -0.2) is 0 Å². The van der Waals surface area contributed by atoms with Crippen molar-refractivity contribution in [1.29, 1.82) is 0 Å². The first-order valence-electron chi connectivity index (χ1n) is 9.62. The van der Waals surface area contributed by atoms with E-state index in [4.69, 9.17) is 4.74 Å². The van der Waals surface area contributed by atoms with Crippen molar-refractivity contribution in [1.82, 2.24) is 5.32 Å². The molecule has 1 saturated heterocycles. The quantitative estimate of drug-likeness (QED) is 0.508. The molecule has 2 rings (SSSR count). The molecular weight excluding hydrogens is 258 g/mol. The second-order valence-electron chi connectivity index (χ2n) is 7.51. The van der Waals surface area contributed by atoms with Crippen molar-refractivity contribution < 1.29 is 4.74 Å². The van der Waals surface area contributed by atoms with Crippen LogP contribution in [0.4, 0.5) is 0 Å². The molecule has 2 nitrogen and oxygen atoms in total. The van der Waals surface area contributed by atoms with E-state index >= 15 is 0 Å². The summed E-state index contributed by atoms with van der Waals surface area (Å²) in [7, 11) is 0. The fourth-order valence-electron chi connectivity index (χ4n) is 3.71. The summed E-state index contributed by atoms with van der Waals surface area (Å²) in [6, 6.07) is 0.827. The van der Waals surface area contributed by atoms with Gasteiger partial charge in [0, 0.05) is 24.6 Å². The average molecular weight is 296 g/mol. The Bertz CT molecular complexity index is 277. The van der Waals surface area contributed by atoms with Gasteiger partial charge in [0.15, 0.2) is 0 Å². The fraction of sp³-hybridized carbons (Fsp3) is 1.00. The number of unbranched alkanes of at least 4 members (excludes halogenated alkanes) is 7. The molecule has 2 aliphatic rings. The zero-order valence-electron chi connectivity index (χ0n) is 14.5. The number of rotatable bonds is 12. The third kappa shape index (κ3) is 5.90. The Morgan fingerprint density at radius 2 is 1.67 bits per heavy atom. The minimum Gasteiger partial charge on any atom is -0.378 e. The van der Waals surface area contributed by atoms with Gasteiger partial charge >= 0.3 is 0 Å². The number of hydrogen-bond donors (Lipinski definition) is 1. The summed E-state index contributed by atoms with van der Waals surface area (Å²) in [5.41, 5.74) is 0.435. The maximum absolute atomic E-state index is 5.90. The number of nitrogens with one attached hydrogen (secondary N) is 1. The predicted molar refractivity (Wildman–Crippen MR) is 90.7 cm³/mol. The second kappa shape index (κ2) is 9.15. The molecule has 1 aliphatic heterocycles. The molecule has 124 valence electrons. The zero-order chi connectivity index (χ0) is 15.0. The van der Waals surface area contributed by atoms with Gasteiger partial charge in [0.05, 0.1) is 6.10 Å². The Labute approximate surface area is 132 Å². The largest absolute Gasteiger partial charge is 0.378 e. The topological polar surface area (TPSA) is 21.3 Å². The molecule has 0 aromatic rings. The highest BCUT2D eigenvalue weighted by atomic mass is 16.5. The van der Waals surface area contributed by atoms with E-state index in [1.807, 2.05) is 0 Å². The van der Waals surface area contributed by atoms with Gasteiger partial charge in [-0.15, -0.1) is 0 Å². The van der Waals surface area contributed by atoms with Crippen LogP contribution in [0.25, 0.3) is 0 Å². The summed E-state index contributed by atoms with van der Waals surface area (Å²) in [6.07, 6.45) is 17.2. The van der Waals surface area contributed by atoms with Crippen molar-refractivity contribution in [2.45, 2.75) is 103 Å². The summed E-state index contributed by atoms with van der Waals surface area (Å²) >= 11 is 0. The summed E-state index contributed by atoms with van der Waals surface area (Å²) in [5.74, 6) is 0. The molecule has 0 aromatic carbocycles. The van der Waals surface area contributed by atoms with Crippen LogP contribution in [0.3, 0.4) is 0 Å². The van der Waals surface area contributed by atoms with Gasteiger partial charge in [0.25, 0.3) is 0 Å². The van der Waals surface area contributed by atoms with E-state index in [0.29, 0.717) is 11.5 Å². The van der Waals surface area contributed by atoms with Gasteiger partial charge < -0.3 is 10.1 Å². The standard InChI is InChI=1S/C19H37NO/c1-3-4-5-6-7-8-9-10-13-19(14-15-21-17(19)2)16-20-18-11-12-18/h17-18,20H,3-16H2,1-2H3. The highest BCUT2D eigenvalue weighted by Crippen LogP contribution is 2.40. The summed E-state index contributed by atoms with van der Waals surface area (Å²) in [6.45, 7) is 6.76. The van der Waals surface area contributed by atoms with Crippen LogP contribution < -0.4 is 5.32 Å². The van der Waals surface area contributed by atoms with Crippen molar-refractivity contribution in [3.05, 3.63) is 0 Å². The second-order valence-corrected chi connectivity index (χ2v) is 7.51. The molecule has 2 fully saturated rings. The third-order valence-electron chi connectivity index (χ3n) is 5.68. The van der Waals surface area contributed by atoms with Gasteiger partial charge in [0.2, 0.25) is 0 Å². The molecule has 2 atom stereocenters. The maximum Gasteiger partial charge on any atom is 0.0616 e. The zero-order valence-corrected chi connectivity index (χ0v) is 14.5. The Balaban J connectivity index is 1.58. The van der Waals surface area contributed by atoms with E-state index in [-0.39, 0.29) is 0 Å². The van der Waals surface area contributed by atoms with Crippen LogP contribution in [0.5, 0.6) is 0 Å². The van der Waals surface area contributed by atoms with Gasteiger partial charge in [0.1, 0.15) is 0 Å². The Morgan fingerprint density at radius 3 is 2.24 bits per heavy atom. The Kier molecular flexibility index (Phi) is 7.53. The molecule has 21 heavy (non-hydrogen) atoms. The number of ether oxygens (including phenoxy) is 1. The molecule has 1 N–H and O–H groups in total. The van der Waals surface area contributed by atoms with Crippen LogP contribution in [-0.4, -0.2) is 25.3 Å². The lowest BCUT2D eigenvalue weighted by atomic mass is 9.77. The van der Waals surface area contributed by atoms with E-state index in [9.17, 15) is 0 Å². The van der Waals surface area contributed by atoms with Crippen molar-refractivity contribution in [3.8, 4) is 0 Å². The molecule has 2 unspecified atom stereocenters. The molecule has 1 heterocycles. The lowest BCUT2D eigenvalue weighted by molar-refractivity contribution is 0.0568. The van der Waals surface area contributed by atoms with E-state index in [0.717, 1.165) is 12.6 Å². The van der Waals surface area contributed by atoms with Crippen LogP contribution in [0.15, 0.2) is 0 Å². The van der Waals surface area contributed by atoms with Gasteiger partial charge in [-0.05, 0) is 32.6 Å². The van der Waals surface area contributed by atoms with Crippen molar-refractivity contribution in [2.24, 2.45) is 5.41 Å². The molecule has 0 radical (unpaired) electrons. The summed E-state index contributed by atoms with van der Waals surface area (Å²) in [5, 5.41) is 3.77. The van der Waals surface area contributed by atoms with E-state index < -0.39 is 0 Å². The van der Waals surface area contributed by atoms with Crippen LogP contribution in [0.1, 0.15) is 90.9 Å². The molecule has 1 saturated carbocycles. The van der Waals surface area contributed by atoms with Crippen LogP contribution >= 0.6 is 0 Å². The van der Waals surface area contributed by atoms with Crippen LogP contribution in [0, 0.1) is 5.41 Å². The normalized spacial score (nSPS) is 29.1. The molecule has 2 heteroatoms. The molecule has 0 bridgehead atoms.